The molecule has 0 saturated carbocycles. The summed E-state index contributed by atoms with van der Waals surface area (Å²) in [5.41, 5.74) is 4.38. The minimum atomic E-state index is 0.716. The first-order valence-corrected chi connectivity index (χ1v) is 10.3. The zero-order valence-electron chi connectivity index (χ0n) is 17.4. The number of para-hydroxylation sites is 2. The molecular weight excluding hydrogens is 380 g/mol. The Kier molecular flexibility index (Phi) is 5.04. The molecule has 0 radical (unpaired) electrons. The molecule has 3 aromatic rings. The molecule has 0 N–H and O–H groups in total. The molecular formula is C23H26N4O3. The number of benzene rings is 2. The van der Waals surface area contributed by atoms with Crippen LogP contribution in [0.15, 0.2) is 36.4 Å². The maximum Gasteiger partial charge on any atom is 0.172 e. The number of methoxy groups -OCH3 is 2. The third kappa shape index (κ3) is 3.39. The van der Waals surface area contributed by atoms with Gasteiger partial charge in [0.1, 0.15) is 0 Å². The maximum absolute atomic E-state index is 5.56. The molecule has 1 fully saturated rings. The van der Waals surface area contributed by atoms with Gasteiger partial charge in [-0.3, -0.25) is 0 Å². The van der Waals surface area contributed by atoms with Gasteiger partial charge in [0.05, 0.1) is 38.5 Å². The van der Waals surface area contributed by atoms with Crippen molar-refractivity contribution in [2.24, 2.45) is 0 Å². The van der Waals surface area contributed by atoms with Gasteiger partial charge < -0.3 is 24.0 Å². The molecule has 156 valence electrons. The Hall–Kier alpha value is -3.06. The summed E-state index contributed by atoms with van der Waals surface area (Å²) in [7, 11) is 3.36. The van der Waals surface area contributed by atoms with E-state index in [0.717, 1.165) is 66.8 Å². The molecule has 3 heterocycles. The van der Waals surface area contributed by atoms with Gasteiger partial charge in [0.2, 0.25) is 0 Å². The topological polar surface area (TPSA) is 60.0 Å². The van der Waals surface area contributed by atoms with E-state index in [1.165, 1.54) is 11.1 Å². The van der Waals surface area contributed by atoms with E-state index < -0.39 is 0 Å². The number of nitrogens with zero attached hydrogens (tertiary/aromatic N) is 4. The Balaban J connectivity index is 1.55. The Bertz CT molecular complexity index is 1070. The normalized spacial score (nSPS) is 16.5. The van der Waals surface area contributed by atoms with Crippen molar-refractivity contribution in [3.05, 3.63) is 47.5 Å². The van der Waals surface area contributed by atoms with Crippen LogP contribution in [0, 0.1) is 0 Å². The van der Waals surface area contributed by atoms with Crippen LogP contribution in [0.2, 0.25) is 0 Å². The van der Waals surface area contributed by atoms with Gasteiger partial charge in [0.15, 0.2) is 23.1 Å². The van der Waals surface area contributed by atoms with E-state index in [0.29, 0.717) is 13.2 Å². The highest BCUT2D eigenvalue weighted by Gasteiger charge is 2.26. The Morgan fingerprint density at radius 3 is 2.03 bits per heavy atom. The Morgan fingerprint density at radius 1 is 0.800 bits per heavy atom. The van der Waals surface area contributed by atoms with Crippen molar-refractivity contribution >= 4 is 22.7 Å². The van der Waals surface area contributed by atoms with Gasteiger partial charge >= 0.3 is 0 Å². The van der Waals surface area contributed by atoms with Crippen molar-refractivity contribution in [2.75, 3.05) is 56.9 Å². The standard InChI is InChI=1S/C23H26N4O3/c1-28-20-13-16-7-8-27(15-17(16)14-21(20)29-2)23-22(26-9-11-30-12-10-26)24-18-5-3-4-6-19(18)25-23/h3-6,13-14H,7-12,15H2,1-2H3. The molecule has 1 aromatic heterocycles. The first-order valence-electron chi connectivity index (χ1n) is 10.3. The van der Waals surface area contributed by atoms with E-state index in [9.17, 15) is 0 Å². The molecule has 7 heteroatoms. The predicted octanol–water partition coefficient (Wildman–Crippen LogP) is 3.05. The lowest BCUT2D eigenvalue weighted by molar-refractivity contribution is 0.122. The van der Waals surface area contributed by atoms with Crippen molar-refractivity contribution in [3.8, 4) is 11.5 Å². The summed E-state index contributed by atoms with van der Waals surface area (Å²) in [5.74, 6) is 3.43. The minimum Gasteiger partial charge on any atom is -0.493 e. The van der Waals surface area contributed by atoms with E-state index in [4.69, 9.17) is 24.2 Å². The van der Waals surface area contributed by atoms with Crippen molar-refractivity contribution in [1.29, 1.82) is 0 Å². The molecule has 5 rings (SSSR count). The zero-order valence-corrected chi connectivity index (χ0v) is 17.4. The summed E-state index contributed by atoms with van der Waals surface area (Å²) in [5, 5.41) is 0. The van der Waals surface area contributed by atoms with E-state index in [1.54, 1.807) is 14.2 Å². The molecule has 0 atom stereocenters. The average molecular weight is 406 g/mol. The lowest BCUT2D eigenvalue weighted by Crippen LogP contribution is -2.39. The fraction of sp³-hybridized carbons (Fsp3) is 0.391. The first kappa shape index (κ1) is 18.9. The van der Waals surface area contributed by atoms with Crippen molar-refractivity contribution in [2.45, 2.75) is 13.0 Å². The Morgan fingerprint density at radius 2 is 1.40 bits per heavy atom. The summed E-state index contributed by atoms with van der Waals surface area (Å²) in [4.78, 5) is 14.7. The predicted molar refractivity (Wildman–Crippen MR) is 117 cm³/mol. The van der Waals surface area contributed by atoms with Gasteiger partial charge in [-0.25, -0.2) is 9.97 Å². The molecule has 2 aliphatic rings. The highest BCUT2D eigenvalue weighted by Crippen LogP contribution is 2.36. The molecule has 0 aliphatic carbocycles. The van der Waals surface area contributed by atoms with E-state index in [1.807, 2.05) is 24.3 Å². The fourth-order valence-electron chi connectivity index (χ4n) is 4.24. The number of anilines is 2. The van der Waals surface area contributed by atoms with Crippen LogP contribution in [0.25, 0.3) is 11.0 Å². The number of hydrogen-bond acceptors (Lipinski definition) is 7. The highest BCUT2D eigenvalue weighted by atomic mass is 16.5. The van der Waals surface area contributed by atoms with Crippen molar-refractivity contribution < 1.29 is 14.2 Å². The summed E-state index contributed by atoms with van der Waals surface area (Å²) >= 11 is 0. The highest BCUT2D eigenvalue weighted by molar-refractivity contribution is 5.81. The lowest BCUT2D eigenvalue weighted by Gasteiger charge is -2.35. The minimum absolute atomic E-state index is 0.716. The number of rotatable bonds is 4. The smallest absolute Gasteiger partial charge is 0.172 e. The molecule has 2 aliphatic heterocycles. The van der Waals surface area contributed by atoms with Crippen LogP contribution in [0.3, 0.4) is 0 Å². The fourth-order valence-corrected chi connectivity index (χ4v) is 4.24. The van der Waals surface area contributed by atoms with Crippen LogP contribution in [-0.4, -0.2) is 57.0 Å². The van der Waals surface area contributed by atoms with Gasteiger partial charge in [-0.15, -0.1) is 0 Å². The van der Waals surface area contributed by atoms with Crippen LogP contribution in [0.4, 0.5) is 11.6 Å². The van der Waals surface area contributed by atoms with E-state index in [-0.39, 0.29) is 0 Å². The van der Waals surface area contributed by atoms with Crippen molar-refractivity contribution in [1.82, 2.24) is 9.97 Å². The molecule has 0 amide bonds. The first-order chi connectivity index (χ1) is 14.8. The summed E-state index contributed by atoms with van der Waals surface area (Å²) in [6.45, 7) is 4.74. The van der Waals surface area contributed by atoms with Crippen LogP contribution >= 0.6 is 0 Å². The largest absolute Gasteiger partial charge is 0.493 e. The second-order valence-corrected chi connectivity index (χ2v) is 7.61. The second kappa shape index (κ2) is 7.99. The molecule has 2 aromatic carbocycles. The molecule has 1 saturated heterocycles. The Labute approximate surface area is 176 Å². The van der Waals surface area contributed by atoms with Crippen LogP contribution in [0.5, 0.6) is 11.5 Å². The van der Waals surface area contributed by atoms with Crippen LogP contribution in [-0.2, 0) is 17.7 Å². The molecule has 0 bridgehead atoms. The van der Waals surface area contributed by atoms with Gasteiger partial charge in [0, 0.05) is 26.2 Å². The van der Waals surface area contributed by atoms with Gasteiger partial charge in [-0.2, -0.15) is 0 Å². The molecule has 7 nitrogen and oxygen atoms in total. The zero-order chi connectivity index (χ0) is 20.5. The number of ether oxygens (including phenoxy) is 3. The number of fused-ring (bicyclic) bond motifs is 2. The third-order valence-electron chi connectivity index (χ3n) is 5.86. The van der Waals surface area contributed by atoms with Crippen LogP contribution < -0.4 is 19.3 Å². The summed E-state index contributed by atoms with van der Waals surface area (Å²) in [6.07, 6.45) is 0.923. The third-order valence-corrected chi connectivity index (χ3v) is 5.86. The van der Waals surface area contributed by atoms with E-state index >= 15 is 0 Å². The van der Waals surface area contributed by atoms with E-state index in [2.05, 4.69) is 21.9 Å². The molecule has 0 spiro atoms. The number of aromatic nitrogens is 2. The average Bonchev–Trinajstić information content (AvgIpc) is 2.82. The molecule has 30 heavy (non-hydrogen) atoms. The monoisotopic (exact) mass is 406 g/mol. The lowest BCUT2D eigenvalue weighted by atomic mass is 9.98. The van der Waals surface area contributed by atoms with Crippen molar-refractivity contribution in [3.63, 3.8) is 0 Å². The maximum atomic E-state index is 5.56. The number of hydrogen-bond donors (Lipinski definition) is 0. The summed E-state index contributed by atoms with van der Waals surface area (Å²) < 4.78 is 16.6. The quantitative estimate of drug-likeness (QED) is 0.660. The SMILES string of the molecule is COc1cc2c(cc1OC)CN(c1nc3ccccc3nc1N1CCOCC1)CC2. The molecule has 0 unspecified atom stereocenters. The van der Waals surface area contributed by atoms with Gasteiger partial charge in [0.25, 0.3) is 0 Å². The van der Waals surface area contributed by atoms with Gasteiger partial charge in [-0.1, -0.05) is 12.1 Å². The van der Waals surface area contributed by atoms with Crippen LogP contribution in [0.1, 0.15) is 11.1 Å². The van der Waals surface area contributed by atoms with Gasteiger partial charge in [-0.05, 0) is 41.8 Å². The second-order valence-electron chi connectivity index (χ2n) is 7.61. The number of morpholine rings is 1. The summed E-state index contributed by atoms with van der Waals surface area (Å²) in [6, 6.07) is 12.3.